The fourth-order valence-electron chi connectivity index (χ4n) is 1.11. The fourth-order valence-corrected chi connectivity index (χ4v) is 2.65. The highest BCUT2D eigenvalue weighted by Crippen LogP contribution is 2.30. The van der Waals surface area contributed by atoms with E-state index in [1.54, 1.807) is 11.3 Å². The van der Waals surface area contributed by atoms with Crippen LogP contribution in [0.4, 0.5) is 13.2 Å². The third kappa shape index (κ3) is 4.84. The molecule has 0 amide bonds. The number of rotatable bonds is 5. The van der Waals surface area contributed by atoms with Gasteiger partial charge in [-0.15, -0.1) is 11.3 Å². The quantitative estimate of drug-likeness (QED) is 0.735. The van der Waals surface area contributed by atoms with E-state index in [2.05, 4.69) is 20.7 Å². The van der Waals surface area contributed by atoms with Gasteiger partial charge in [0.05, 0.1) is 11.4 Å². The summed E-state index contributed by atoms with van der Waals surface area (Å²) in [5, 5.41) is 0. The Morgan fingerprint density at radius 2 is 2.12 bits per heavy atom. The van der Waals surface area contributed by atoms with Crippen molar-refractivity contribution in [1.82, 2.24) is 0 Å². The van der Waals surface area contributed by atoms with E-state index in [1.807, 2.05) is 19.1 Å². The molecule has 0 bridgehead atoms. The molecular formula is C10H12BrF3OS. The molecule has 16 heavy (non-hydrogen) atoms. The highest BCUT2D eigenvalue weighted by Gasteiger charge is 2.27. The van der Waals surface area contributed by atoms with Crippen LogP contribution in [0.5, 0.6) is 0 Å². The van der Waals surface area contributed by atoms with Gasteiger partial charge in [-0.05, 0) is 18.6 Å². The summed E-state index contributed by atoms with van der Waals surface area (Å²) in [4.78, 5) is 2.05. The van der Waals surface area contributed by atoms with Crippen molar-refractivity contribution in [1.29, 1.82) is 0 Å². The first-order valence-electron chi connectivity index (χ1n) is 4.79. The lowest BCUT2D eigenvalue weighted by molar-refractivity contribution is -0.173. The van der Waals surface area contributed by atoms with Crippen molar-refractivity contribution in [3.05, 3.63) is 21.9 Å². The molecule has 1 aromatic rings. The van der Waals surface area contributed by atoms with Gasteiger partial charge in [-0.25, -0.2) is 0 Å². The van der Waals surface area contributed by atoms with Crippen molar-refractivity contribution in [3.63, 3.8) is 0 Å². The summed E-state index contributed by atoms with van der Waals surface area (Å²) in [7, 11) is 0. The molecule has 0 fully saturated rings. The van der Waals surface area contributed by atoms with Gasteiger partial charge < -0.3 is 4.74 Å². The van der Waals surface area contributed by atoms with Gasteiger partial charge in [-0.3, -0.25) is 0 Å². The van der Waals surface area contributed by atoms with Crippen LogP contribution >= 0.6 is 27.3 Å². The minimum absolute atomic E-state index is 0.0309. The average molecular weight is 317 g/mol. The van der Waals surface area contributed by atoms with Gasteiger partial charge in [-0.2, -0.15) is 13.2 Å². The molecule has 0 aliphatic rings. The Labute approximate surface area is 105 Å². The second-order valence-electron chi connectivity index (χ2n) is 3.26. The molecule has 0 aromatic carbocycles. The van der Waals surface area contributed by atoms with E-state index in [-0.39, 0.29) is 11.4 Å². The van der Waals surface area contributed by atoms with Crippen LogP contribution in [0.3, 0.4) is 0 Å². The van der Waals surface area contributed by atoms with Crippen LogP contribution in [-0.4, -0.2) is 19.4 Å². The van der Waals surface area contributed by atoms with Crippen LogP contribution < -0.4 is 0 Å². The number of ether oxygens (including phenoxy) is 1. The maximum Gasteiger partial charge on any atom is 0.411 e. The molecule has 0 spiro atoms. The van der Waals surface area contributed by atoms with Gasteiger partial charge >= 0.3 is 6.18 Å². The summed E-state index contributed by atoms with van der Waals surface area (Å²) in [6.45, 7) is 0.878. The van der Waals surface area contributed by atoms with Crippen molar-refractivity contribution in [3.8, 4) is 0 Å². The van der Waals surface area contributed by atoms with E-state index in [0.717, 1.165) is 11.3 Å². The molecular weight excluding hydrogens is 305 g/mol. The Bertz CT molecular complexity index is 324. The van der Waals surface area contributed by atoms with Gasteiger partial charge in [0.1, 0.15) is 6.61 Å². The highest BCUT2D eigenvalue weighted by atomic mass is 79.9. The van der Waals surface area contributed by atoms with Crippen LogP contribution in [0.1, 0.15) is 21.5 Å². The third-order valence-corrected chi connectivity index (χ3v) is 4.27. The van der Waals surface area contributed by atoms with Crippen LogP contribution in [0.25, 0.3) is 0 Å². The van der Waals surface area contributed by atoms with Crippen molar-refractivity contribution in [2.45, 2.75) is 24.3 Å². The van der Waals surface area contributed by atoms with E-state index >= 15 is 0 Å². The minimum Gasteiger partial charge on any atom is -0.370 e. The molecule has 0 aliphatic carbocycles. The first kappa shape index (κ1) is 14.0. The fraction of sp³-hybridized carbons (Fsp3) is 0.600. The topological polar surface area (TPSA) is 9.23 Å². The molecule has 0 radical (unpaired) electrons. The molecule has 6 heteroatoms. The Kier molecular flexibility index (Phi) is 5.27. The van der Waals surface area contributed by atoms with Crippen molar-refractivity contribution in [2.75, 3.05) is 13.2 Å². The predicted octanol–water partition coefficient (Wildman–Crippen LogP) is 4.33. The highest BCUT2D eigenvalue weighted by molar-refractivity contribution is 9.09. The van der Waals surface area contributed by atoms with Crippen LogP contribution in [0.15, 0.2) is 12.1 Å². The molecule has 1 unspecified atom stereocenters. The van der Waals surface area contributed by atoms with E-state index in [0.29, 0.717) is 0 Å². The standard InChI is InChI=1S/C10H12BrF3OS/c1-2-7-3-4-9(16-7)8(11)5-15-6-10(12,13)14/h3-4,8H,2,5-6H2,1H3. The minimum atomic E-state index is -4.25. The summed E-state index contributed by atoms with van der Waals surface area (Å²) in [5.41, 5.74) is 0. The molecule has 1 atom stereocenters. The van der Waals surface area contributed by atoms with Crippen molar-refractivity contribution >= 4 is 27.3 Å². The summed E-state index contributed by atoms with van der Waals surface area (Å²) in [6.07, 6.45) is -3.31. The molecule has 1 nitrogen and oxygen atoms in total. The SMILES string of the molecule is CCc1ccc(C(Br)COCC(F)(F)F)s1. The lowest BCUT2D eigenvalue weighted by atomic mass is 10.3. The number of halogens is 4. The third-order valence-electron chi connectivity index (χ3n) is 1.87. The molecule has 0 saturated carbocycles. The van der Waals surface area contributed by atoms with Crippen LogP contribution in [0.2, 0.25) is 0 Å². The van der Waals surface area contributed by atoms with Crippen LogP contribution in [0, 0.1) is 0 Å². The molecule has 92 valence electrons. The molecule has 0 aliphatic heterocycles. The second-order valence-corrected chi connectivity index (χ2v) is 5.56. The molecule has 1 heterocycles. The Morgan fingerprint density at radius 1 is 1.44 bits per heavy atom. The van der Waals surface area contributed by atoms with Gasteiger partial charge in [-0.1, -0.05) is 22.9 Å². The smallest absolute Gasteiger partial charge is 0.370 e. The maximum absolute atomic E-state index is 11.8. The lowest BCUT2D eigenvalue weighted by Crippen LogP contribution is -2.18. The Balaban J connectivity index is 2.37. The van der Waals surface area contributed by atoms with E-state index in [9.17, 15) is 13.2 Å². The van der Waals surface area contributed by atoms with Gasteiger partial charge in [0.2, 0.25) is 0 Å². The first-order chi connectivity index (χ1) is 7.42. The zero-order valence-electron chi connectivity index (χ0n) is 8.68. The van der Waals surface area contributed by atoms with Crippen molar-refractivity contribution < 1.29 is 17.9 Å². The molecule has 0 saturated heterocycles. The molecule has 1 rings (SSSR count). The number of hydrogen-bond acceptors (Lipinski definition) is 2. The summed E-state index contributed by atoms with van der Waals surface area (Å²) in [5.74, 6) is 0. The normalized spacial score (nSPS) is 14.1. The second kappa shape index (κ2) is 6.02. The average Bonchev–Trinajstić information content (AvgIpc) is 2.63. The van der Waals surface area contributed by atoms with E-state index in [4.69, 9.17) is 0 Å². The van der Waals surface area contributed by atoms with Crippen LogP contribution in [-0.2, 0) is 11.2 Å². The first-order valence-corrected chi connectivity index (χ1v) is 6.52. The maximum atomic E-state index is 11.8. The Hall–Kier alpha value is -0.0700. The van der Waals surface area contributed by atoms with Gasteiger partial charge in [0.15, 0.2) is 0 Å². The summed E-state index contributed by atoms with van der Waals surface area (Å²) in [6, 6.07) is 3.90. The molecule has 0 N–H and O–H groups in total. The summed E-state index contributed by atoms with van der Waals surface area (Å²) < 4.78 is 40.1. The zero-order valence-corrected chi connectivity index (χ0v) is 11.1. The zero-order chi connectivity index (χ0) is 12.2. The summed E-state index contributed by atoms with van der Waals surface area (Å²) >= 11 is 4.91. The van der Waals surface area contributed by atoms with Gasteiger partial charge in [0.25, 0.3) is 0 Å². The van der Waals surface area contributed by atoms with E-state index in [1.165, 1.54) is 4.88 Å². The number of thiophene rings is 1. The number of hydrogen-bond donors (Lipinski definition) is 0. The largest absolute Gasteiger partial charge is 0.411 e. The van der Waals surface area contributed by atoms with Gasteiger partial charge in [0, 0.05) is 9.75 Å². The number of aryl methyl sites for hydroxylation is 1. The Morgan fingerprint density at radius 3 is 2.62 bits per heavy atom. The van der Waals surface area contributed by atoms with E-state index < -0.39 is 12.8 Å². The molecule has 1 aromatic heterocycles. The monoisotopic (exact) mass is 316 g/mol. The predicted molar refractivity (Wildman–Crippen MR) is 62.2 cm³/mol. The number of alkyl halides is 4. The lowest BCUT2D eigenvalue weighted by Gasteiger charge is -2.10. The van der Waals surface area contributed by atoms with Crippen molar-refractivity contribution in [2.24, 2.45) is 0 Å².